The van der Waals surface area contributed by atoms with Crippen LogP contribution >= 0.6 is 12.6 Å². The van der Waals surface area contributed by atoms with E-state index >= 15 is 0 Å². The molecule has 0 bridgehead atoms. The Kier molecular flexibility index (Phi) is 3.77. The Hall–Kier alpha value is -0.960. The van der Waals surface area contributed by atoms with Crippen molar-refractivity contribution in [3.8, 4) is 0 Å². The fourth-order valence-electron chi connectivity index (χ4n) is 1.88. The standard InChI is InChI=1S/C14H19NOS/c1-10(2)15(9-11-3-4-11)14(16)12-5-7-13(17)8-6-12/h5-8,10-11,17H,3-4,9H2,1-2H3. The molecule has 1 aromatic carbocycles. The van der Waals surface area contributed by atoms with Crippen LogP contribution in [0.3, 0.4) is 0 Å². The summed E-state index contributed by atoms with van der Waals surface area (Å²) in [6, 6.07) is 7.71. The van der Waals surface area contributed by atoms with Crippen molar-refractivity contribution in [1.82, 2.24) is 4.90 Å². The molecule has 1 saturated carbocycles. The lowest BCUT2D eigenvalue weighted by atomic mass is 10.1. The Morgan fingerprint density at radius 3 is 2.41 bits per heavy atom. The molecule has 0 spiro atoms. The van der Waals surface area contributed by atoms with E-state index in [2.05, 4.69) is 26.5 Å². The quantitative estimate of drug-likeness (QED) is 0.812. The van der Waals surface area contributed by atoms with Gasteiger partial charge in [0, 0.05) is 23.0 Å². The van der Waals surface area contributed by atoms with Gasteiger partial charge in [0.1, 0.15) is 0 Å². The van der Waals surface area contributed by atoms with E-state index in [0.29, 0.717) is 0 Å². The van der Waals surface area contributed by atoms with E-state index in [-0.39, 0.29) is 11.9 Å². The van der Waals surface area contributed by atoms with Crippen LogP contribution in [0.5, 0.6) is 0 Å². The average molecular weight is 249 g/mol. The summed E-state index contributed by atoms with van der Waals surface area (Å²) in [4.78, 5) is 15.2. The van der Waals surface area contributed by atoms with Gasteiger partial charge in [-0.2, -0.15) is 0 Å². The van der Waals surface area contributed by atoms with Crippen LogP contribution < -0.4 is 0 Å². The second-order valence-corrected chi connectivity index (χ2v) is 5.56. The molecule has 3 heteroatoms. The molecule has 2 rings (SSSR count). The van der Waals surface area contributed by atoms with Crippen molar-refractivity contribution in [1.29, 1.82) is 0 Å². The van der Waals surface area contributed by atoms with Crippen LogP contribution in [0.15, 0.2) is 29.2 Å². The average Bonchev–Trinajstić information content (AvgIpc) is 3.09. The molecule has 0 radical (unpaired) electrons. The second-order valence-electron chi connectivity index (χ2n) is 5.04. The summed E-state index contributed by atoms with van der Waals surface area (Å²) in [5.74, 6) is 0.866. The van der Waals surface area contributed by atoms with Crippen LogP contribution in [0.25, 0.3) is 0 Å². The molecule has 0 N–H and O–H groups in total. The molecule has 2 nitrogen and oxygen atoms in total. The van der Waals surface area contributed by atoms with Crippen LogP contribution in [0.4, 0.5) is 0 Å². The highest BCUT2D eigenvalue weighted by atomic mass is 32.1. The van der Waals surface area contributed by atoms with Gasteiger partial charge in [0.15, 0.2) is 0 Å². The number of rotatable bonds is 4. The van der Waals surface area contributed by atoms with Crippen molar-refractivity contribution >= 4 is 18.5 Å². The van der Waals surface area contributed by atoms with Crippen molar-refractivity contribution in [2.75, 3.05) is 6.54 Å². The third kappa shape index (κ3) is 3.25. The fraction of sp³-hybridized carbons (Fsp3) is 0.500. The Bertz CT molecular complexity index is 395. The van der Waals surface area contributed by atoms with Crippen molar-refractivity contribution < 1.29 is 4.79 Å². The first-order chi connectivity index (χ1) is 8.08. The maximum absolute atomic E-state index is 12.4. The van der Waals surface area contributed by atoms with Crippen molar-refractivity contribution in [3.05, 3.63) is 29.8 Å². The van der Waals surface area contributed by atoms with E-state index in [4.69, 9.17) is 0 Å². The maximum atomic E-state index is 12.4. The number of thiol groups is 1. The molecule has 0 atom stereocenters. The van der Waals surface area contributed by atoms with Gasteiger partial charge >= 0.3 is 0 Å². The molecule has 0 aromatic heterocycles. The summed E-state index contributed by atoms with van der Waals surface area (Å²) in [5.41, 5.74) is 0.761. The van der Waals surface area contributed by atoms with Crippen LogP contribution in [0, 0.1) is 5.92 Å². The second kappa shape index (κ2) is 5.13. The third-order valence-electron chi connectivity index (χ3n) is 3.15. The number of carbonyl (C=O) groups excluding carboxylic acids is 1. The summed E-state index contributed by atoms with van der Waals surface area (Å²) in [5, 5.41) is 0. The zero-order chi connectivity index (χ0) is 12.4. The van der Waals surface area contributed by atoms with E-state index in [0.717, 1.165) is 22.9 Å². The maximum Gasteiger partial charge on any atom is 0.254 e. The summed E-state index contributed by atoms with van der Waals surface area (Å²) >= 11 is 4.23. The van der Waals surface area contributed by atoms with Crippen LogP contribution in [-0.2, 0) is 0 Å². The molecule has 17 heavy (non-hydrogen) atoms. The Morgan fingerprint density at radius 2 is 1.94 bits per heavy atom. The van der Waals surface area contributed by atoms with E-state index in [1.165, 1.54) is 12.8 Å². The Labute approximate surface area is 108 Å². The minimum atomic E-state index is 0.139. The van der Waals surface area contributed by atoms with E-state index in [1.807, 2.05) is 29.2 Å². The minimum absolute atomic E-state index is 0.139. The molecule has 1 aliphatic carbocycles. The Morgan fingerprint density at radius 1 is 1.35 bits per heavy atom. The lowest BCUT2D eigenvalue weighted by Gasteiger charge is -2.27. The molecule has 0 unspecified atom stereocenters. The van der Waals surface area contributed by atoms with Crippen LogP contribution in [0.1, 0.15) is 37.0 Å². The van der Waals surface area contributed by atoms with Crippen LogP contribution in [-0.4, -0.2) is 23.4 Å². The smallest absolute Gasteiger partial charge is 0.254 e. The zero-order valence-corrected chi connectivity index (χ0v) is 11.3. The normalized spacial score (nSPS) is 15.1. The van der Waals surface area contributed by atoms with Gasteiger partial charge < -0.3 is 4.90 Å². The van der Waals surface area contributed by atoms with E-state index < -0.39 is 0 Å². The molecule has 1 aliphatic rings. The van der Waals surface area contributed by atoms with E-state index in [1.54, 1.807) is 0 Å². The van der Waals surface area contributed by atoms with Crippen LogP contribution in [0.2, 0.25) is 0 Å². The summed E-state index contributed by atoms with van der Waals surface area (Å²) in [7, 11) is 0. The van der Waals surface area contributed by atoms with E-state index in [9.17, 15) is 4.79 Å². The Balaban J connectivity index is 2.11. The predicted molar refractivity (Wildman–Crippen MR) is 72.6 cm³/mol. The number of nitrogens with zero attached hydrogens (tertiary/aromatic N) is 1. The lowest BCUT2D eigenvalue weighted by molar-refractivity contribution is 0.0696. The van der Waals surface area contributed by atoms with Crippen molar-refractivity contribution in [2.45, 2.75) is 37.6 Å². The predicted octanol–water partition coefficient (Wildman–Crippen LogP) is 3.24. The van der Waals surface area contributed by atoms with Gasteiger partial charge in [-0.25, -0.2) is 0 Å². The fourth-order valence-corrected chi connectivity index (χ4v) is 2.03. The first kappa shape index (κ1) is 12.5. The molecule has 1 fully saturated rings. The summed E-state index contributed by atoms with van der Waals surface area (Å²) in [6.45, 7) is 5.06. The molecule has 0 saturated heterocycles. The molecular formula is C14H19NOS. The molecule has 1 amide bonds. The SMILES string of the molecule is CC(C)N(CC1CC1)C(=O)c1ccc(S)cc1. The van der Waals surface area contributed by atoms with Gasteiger partial charge in [-0.1, -0.05) is 0 Å². The number of amides is 1. The monoisotopic (exact) mass is 249 g/mol. The van der Waals surface area contributed by atoms with Gasteiger partial charge in [0.2, 0.25) is 0 Å². The first-order valence-electron chi connectivity index (χ1n) is 6.18. The lowest BCUT2D eigenvalue weighted by Crippen LogP contribution is -2.38. The number of benzene rings is 1. The molecule has 0 aliphatic heterocycles. The minimum Gasteiger partial charge on any atom is -0.336 e. The van der Waals surface area contributed by atoms with Gasteiger partial charge in [-0.05, 0) is 56.9 Å². The van der Waals surface area contributed by atoms with Gasteiger partial charge in [0.05, 0.1) is 0 Å². The first-order valence-corrected chi connectivity index (χ1v) is 6.62. The molecule has 0 heterocycles. The molecular weight excluding hydrogens is 230 g/mol. The third-order valence-corrected chi connectivity index (χ3v) is 3.45. The van der Waals surface area contributed by atoms with Gasteiger partial charge in [-0.3, -0.25) is 4.79 Å². The number of hydrogen-bond donors (Lipinski definition) is 1. The molecule has 92 valence electrons. The highest BCUT2D eigenvalue weighted by Crippen LogP contribution is 2.30. The van der Waals surface area contributed by atoms with Gasteiger partial charge in [-0.15, -0.1) is 12.6 Å². The highest BCUT2D eigenvalue weighted by molar-refractivity contribution is 7.80. The summed E-state index contributed by atoms with van der Waals surface area (Å²) in [6.07, 6.45) is 2.54. The topological polar surface area (TPSA) is 20.3 Å². The number of carbonyl (C=O) groups is 1. The highest BCUT2D eigenvalue weighted by Gasteiger charge is 2.28. The van der Waals surface area contributed by atoms with Gasteiger partial charge in [0.25, 0.3) is 5.91 Å². The largest absolute Gasteiger partial charge is 0.336 e. The summed E-state index contributed by atoms with van der Waals surface area (Å²) < 4.78 is 0. The van der Waals surface area contributed by atoms with Crippen molar-refractivity contribution in [3.63, 3.8) is 0 Å². The number of hydrogen-bond acceptors (Lipinski definition) is 2. The van der Waals surface area contributed by atoms with Crippen molar-refractivity contribution in [2.24, 2.45) is 5.92 Å². The molecule has 1 aromatic rings. The zero-order valence-electron chi connectivity index (χ0n) is 10.4.